The van der Waals surface area contributed by atoms with Crippen molar-refractivity contribution in [3.63, 3.8) is 0 Å². The zero-order valence-electron chi connectivity index (χ0n) is 13.7. The maximum atomic E-state index is 12.6. The average Bonchev–Trinajstić information content (AvgIpc) is 3.32. The minimum atomic E-state index is -0.570. The lowest BCUT2D eigenvalue weighted by molar-refractivity contribution is -0.119. The van der Waals surface area contributed by atoms with E-state index < -0.39 is 12.0 Å². The van der Waals surface area contributed by atoms with Gasteiger partial charge in [0.2, 0.25) is 5.91 Å². The number of methoxy groups -OCH3 is 1. The quantitative estimate of drug-likeness (QED) is 0.861. The Morgan fingerprint density at radius 2 is 2.08 bits per heavy atom. The number of ether oxygens (including phenoxy) is 1. The van der Waals surface area contributed by atoms with Gasteiger partial charge in [-0.3, -0.25) is 9.59 Å². The van der Waals surface area contributed by atoms with E-state index in [9.17, 15) is 14.4 Å². The fourth-order valence-electron chi connectivity index (χ4n) is 2.89. The third-order valence-corrected chi connectivity index (χ3v) is 4.10. The maximum absolute atomic E-state index is 12.6. The molecule has 1 saturated heterocycles. The van der Waals surface area contributed by atoms with Crippen LogP contribution in [-0.4, -0.2) is 42.4 Å². The molecule has 2 heterocycles. The van der Waals surface area contributed by atoms with Crippen molar-refractivity contribution in [1.82, 2.24) is 4.90 Å². The number of anilines is 1. The fraction of sp³-hybridized carbons (Fsp3) is 0.278. The minimum Gasteiger partial charge on any atom is -0.465 e. The number of hydrogen-bond acceptors (Lipinski definition) is 5. The standard InChI is InChI=1S/C18H18N2O5/c1-24-18(23)12-5-2-6-13(11-12)19-16(21)14-7-3-9-20(14)17(22)15-8-4-10-25-15/h2,4-6,8,10-11,14H,3,7,9H2,1H3,(H,19,21). The largest absolute Gasteiger partial charge is 0.465 e. The molecule has 130 valence electrons. The molecule has 1 aliphatic rings. The molecule has 0 aliphatic carbocycles. The Morgan fingerprint density at radius 1 is 1.24 bits per heavy atom. The number of amides is 2. The monoisotopic (exact) mass is 342 g/mol. The van der Waals surface area contributed by atoms with E-state index in [1.165, 1.54) is 24.3 Å². The van der Waals surface area contributed by atoms with Crippen LogP contribution >= 0.6 is 0 Å². The van der Waals surface area contributed by atoms with Crippen molar-refractivity contribution in [1.29, 1.82) is 0 Å². The Balaban J connectivity index is 1.72. The van der Waals surface area contributed by atoms with Crippen LogP contribution in [0.15, 0.2) is 47.1 Å². The predicted octanol–water partition coefficient (Wildman–Crippen LogP) is 2.31. The molecule has 1 aromatic heterocycles. The van der Waals surface area contributed by atoms with Crippen molar-refractivity contribution in [3.05, 3.63) is 54.0 Å². The Morgan fingerprint density at radius 3 is 2.80 bits per heavy atom. The number of rotatable bonds is 4. The summed E-state index contributed by atoms with van der Waals surface area (Å²) in [4.78, 5) is 38.1. The van der Waals surface area contributed by atoms with Crippen molar-refractivity contribution < 1.29 is 23.5 Å². The van der Waals surface area contributed by atoms with Crippen LogP contribution in [0.4, 0.5) is 5.69 Å². The molecule has 0 spiro atoms. The van der Waals surface area contributed by atoms with Gasteiger partial charge in [-0.05, 0) is 43.2 Å². The topological polar surface area (TPSA) is 88.9 Å². The first-order valence-electron chi connectivity index (χ1n) is 7.94. The van der Waals surface area contributed by atoms with Gasteiger partial charge in [0.05, 0.1) is 18.9 Å². The first kappa shape index (κ1) is 16.8. The number of likely N-dealkylation sites (tertiary alicyclic amines) is 1. The summed E-state index contributed by atoms with van der Waals surface area (Å²) in [7, 11) is 1.30. The van der Waals surface area contributed by atoms with Crippen molar-refractivity contribution in [2.24, 2.45) is 0 Å². The first-order valence-corrected chi connectivity index (χ1v) is 7.94. The lowest BCUT2D eigenvalue weighted by Gasteiger charge is -2.23. The van der Waals surface area contributed by atoms with Gasteiger partial charge in [-0.1, -0.05) is 6.07 Å². The number of hydrogen-bond donors (Lipinski definition) is 1. The van der Waals surface area contributed by atoms with E-state index in [-0.39, 0.29) is 17.6 Å². The summed E-state index contributed by atoms with van der Waals surface area (Å²) in [6.07, 6.45) is 2.75. The highest BCUT2D eigenvalue weighted by Crippen LogP contribution is 2.22. The lowest BCUT2D eigenvalue weighted by Crippen LogP contribution is -2.43. The Bertz CT molecular complexity index is 785. The molecule has 3 rings (SSSR count). The van der Waals surface area contributed by atoms with Gasteiger partial charge in [0.25, 0.3) is 5.91 Å². The molecule has 7 nitrogen and oxygen atoms in total. The third kappa shape index (κ3) is 3.55. The highest BCUT2D eigenvalue weighted by molar-refractivity contribution is 6.01. The Hall–Kier alpha value is -3.09. The van der Waals surface area contributed by atoms with E-state index in [0.717, 1.165) is 6.42 Å². The van der Waals surface area contributed by atoms with Crippen LogP contribution in [0.25, 0.3) is 0 Å². The second kappa shape index (κ2) is 7.21. The Kier molecular flexibility index (Phi) is 4.83. The summed E-state index contributed by atoms with van der Waals surface area (Å²) < 4.78 is 9.81. The van der Waals surface area contributed by atoms with Gasteiger partial charge in [0, 0.05) is 12.2 Å². The minimum absolute atomic E-state index is 0.215. The van der Waals surface area contributed by atoms with Gasteiger partial charge in [-0.15, -0.1) is 0 Å². The SMILES string of the molecule is COC(=O)c1cccc(NC(=O)C2CCCN2C(=O)c2ccco2)c1. The van der Waals surface area contributed by atoms with E-state index >= 15 is 0 Å². The fourth-order valence-corrected chi connectivity index (χ4v) is 2.89. The molecule has 0 saturated carbocycles. The highest BCUT2D eigenvalue weighted by Gasteiger charge is 2.35. The van der Waals surface area contributed by atoms with Crippen LogP contribution in [-0.2, 0) is 9.53 Å². The van der Waals surface area contributed by atoms with Crippen molar-refractivity contribution >= 4 is 23.5 Å². The van der Waals surface area contributed by atoms with Crippen LogP contribution < -0.4 is 5.32 Å². The number of benzene rings is 1. The first-order chi connectivity index (χ1) is 12.1. The number of carbonyl (C=O) groups excluding carboxylic acids is 3. The summed E-state index contributed by atoms with van der Waals surface area (Å²) in [5.41, 5.74) is 0.820. The highest BCUT2D eigenvalue weighted by atomic mass is 16.5. The molecule has 1 N–H and O–H groups in total. The Labute approximate surface area is 144 Å². The van der Waals surface area contributed by atoms with E-state index in [4.69, 9.17) is 4.42 Å². The van der Waals surface area contributed by atoms with Gasteiger partial charge >= 0.3 is 5.97 Å². The summed E-state index contributed by atoms with van der Waals surface area (Å²) in [6.45, 7) is 0.500. The smallest absolute Gasteiger partial charge is 0.337 e. The van der Waals surface area contributed by atoms with Crippen molar-refractivity contribution in [2.75, 3.05) is 19.0 Å². The van der Waals surface area contributed by atoms with Crippen LogP contribution in [0, 0.1) is 0 Å². The maximum Gasteiger partial charge on any atom is 0.337 e. The second-order valence-electron chi connectivity index (χ2n) is 5.70. The molecule has 0 radical (unpaired) electrons. The summed E-state index contributed by atoms with van der Waals surface area (Å²) in [5.74, 6) is -0.857. The summed E-state index contributed by atoms with van der Waals surface area (Å²) in [6, 6.07) is 9.12. The van der Waals surface area contributed by atoms with Crippen LogP contribution in [0.3, 0.4) is 0 Å². The predicted molar refractivity (Wildman–Crippen MR) is 89.2 cm³/mol. The molecule has 2 aromatic rings. The average molecular weight is 342 g/mol. The number of esters is 1. The van der Waals surface area contributed by atoms with Crippen LogP contribution in [0.5, 0.6) is 0 Å². The normalized spacial score (nSPS) is 16.5. The number of nitrogens with one attached hydrogen (secondary N) is 1. The van der Waals surface area contributed by atoms with Gasteiger partial charge in [0.1, 0.15) is 6.04 Å². The van der Waals surface area contributed by atoms with Crippen molar-refractivity contribution in [3.8, 4) is 0 Å². The van der Waals surface area contributed by atoms with Gasteiger partial charge < -0.3 is 19.4 Å². The molecule has 1 aliphatic heterocycles. The molecule has 1 aromatic carbocycles. The molecule has 7 heteroatoms. The summed E-state index contributed by atoms with van der Waals surface area (Å²) in [5, 5.41) is 2.76. The molecule has 1 unspecified atom stereocenters. The number of carbonyl (C=O) groups is 3. The van der Waals surface area contributed by atoms with Gasteiger partial charge in [0.15, 0.2) is 5.76 Å². The van der Waals surface area contributed by atoms with Crippen molar-refractivity contribution in [2.45, 2.75) is 18.9 Å². The van der Waals surface area contributed by atoms with Gasteiger partial charge in [-0.2, -0.15) is 0 Å². The zero-order chi connectivity index (χ0) is 17.8. The molecule has 1 atom stereocenters. The van der Waals surface area contributed by atoms with E-state index in [0.29, 0.717) is 24.2 Å². The van der Waals surface area contributed by atoms with Crippen LogP contribution in [0.2, 0.25) is 0 Å². The van der Waals surface area contributed by atoms with E-state index in [2.05, 4.69) is 10.1 Å². The molecule has 0 bridgehead atoms. The van der Waals surface area contributed by atoms with Gasteiger partial charge in [-0.25, -0.2) is 4.79 Å². The molecule has 1 fully saturated rings. The number of furan rings is 1. The lowest BCUT2D eigenvalue weighted by atomic mass is 10.1. The second-order valence-corrected chi connectivity index (χ2v) is 5.70. The molecular weight excluding hydrogens is 324 g/mol. The van der Waals surface area contributed by atoms with Crippen LogP contribution in [0.1, 0.15) is 33.8 Å². The van der Waals surface area contributed by atoms with E-state index in [1.807, 2.05) is 0 Å². The zero-order valence-corrected chi connectivity index (χ0v) is 13.7. The molecular formula is C18H18N2O5. The summed E-state index contributed by atoms with van der Waals surface area (Å²) >= 11 is 0. The molecule has 25 heavy (non-hydrogen) atoms. The number of nitrogens with zero attached hydrogens (tertiary/aromatic N) is 1. The molecule has 2 amide bonds. The van der Waals surface area contributed by atoms with E-state index in [1.54, 1.807) is 30.3 Å². The third-order valence-electron chi connectivity index (χ3n) is 4.10.